The smallest absolute Gasteiger partial charge is 0.234 e. The number of hydrogen-bond acceptors (Lipinski definition) is 3. The first-order valence-corrected chi connectivity index (χ1v) is 8.28. The van der Waals surface area contributed by atoms with Crippen molar-refractivity contribution in [1.82, 2.24) is 0 Å². The molecule has 0 saturated heterocycles. The lowest BCUT2D eigenvalue weighted by atomic mass is 10.2. The van der Waals surface area contributed by atoms with Crippen LogP contribution < -0.4 is 5.32 Å². The zero-order valence-corrected chi connectivity index (χ0v) is 14.3. The second-order valence-electron chi connectivity index (χ2n) is 4.41. The molecule has 2 N–H and O–H groups in total. The summed E-state index contributed by atoms with van der Waals surface area (Å²) in [6, 6.07) is 10.5. The maximum Gasteiger partial charge on any atom is 0.234 e. The number of amides is 1. The van der Waals surface area contributed by atoms with Gasteiger partial charge in [0, 0.05) is 15.1 Å². The van der Waals surface area contributed by atoms with Gasteiger partial charge < -0.3 is 10.4 Å². The van der Waals surface area contributed by atoms with Crippen molar-refractivity contribution in [3.05, 3.63) is 51.5 Å². The molecule has 0 radical (unpaired) electrons. The molecule has 0 aliphatic rings. The molecule has 0 bridgehead atoms. The Morgan fingerprint density at radius 2 is 2.10 bits per heavy atom. The number of phenolic OH excluding ortho intramolecular Hbond substituents is 1. The van der Waals surface area contributed by atoms with Crippen LogP contribution in [0.1, 0.15) is 5.56 Å². The maximum absolute atomic E-state index is 11.9. The van der Waals surface area contributed by atoms with Crippen molar-refractivity contribution >= 4 is 50.9 Å². The van der Waals surface area contributed by atoms with Crippen LogP contribution >= 0.6 is 39.3 Å². The van der Waals surface area contributed by atoms with Gasteiger partial charge in [0.15, 0.2) is 0 Å². The number of thioether (sulfide) groups is 1. The van der Waals surface area contributed by atoms with Gasteiger partial charge in [0.05, 0.1) is 10.8 Å². The van der Waals surface area contributed by atoms with E-state index >= 15 is 0 Å². The first kappa shape index (κ1) is 16.2. The molecule has 0 aromatic heterocycles. The predicted octanol–water partition coefficient (Wildman–Crippen LogP) is 4.85. The van der Waals surface area contributed by atoms with Crippen molar-refractivity contribution in [3.8, 4) is 5.75 Å². The quantitative estimate of drug-likeness (QED) is 0.583. The number of carbonyl (C=O) groups excluding carboxylic acids is 1. The number of anilines is 1. The van der Waals surface area contributed by atoms with E-state index < -0.39 is 0 Å². The van der Waals surface area contributed by atoms with E-state index in [1.54, 1.807) is 6.07 Å². The standard InChI is InChI=1S/C15H13BrClNO2S/c1-9-6-10(16)2-5-14(9)21-8-15(20)18-11-3-4-13(19)12(17)7-11/h2-7,19H,8H2,1H3,(H,18,20). The molecule has 0 heterocycles. The van der Waals surface area contributed by atoms with Crippen LogP contribution in [-0.4, -0.2) is 16.8 Å². The van der Waals surface area contributed by atoms with Crippen LogP contribution in [0.5, 0.6) is 5.75 Å². The summed E-state index contributed by atoms with van der Waals surface area (Å²) >= 11 is 10.7. The summed E-state index contributed by atoms with van der Waals surface area (Å²) < 4.78 is 1.02. The number of aromatic hydroxyl groups is 1. The second-order valence-corrected chi connectivity index (χ2v) is 6.75. The highest BCUT2D eigenvalue weighted by molar-refractivity contribution is 9.10. The molecular weight excluding hydrogens is 374 g/mol. The number of benzene rings is 2. The highest BCUT2D eigenvalue weighted by Crippen LogP contribution is 2.27. The highest BCUT2D eigenvalue weighted by Gasteiger charge is 2.07. The van der Waals surface area contributed by atoms with Gasteiger partial charge in [0.1, 0.15) is 5.75 Å². The van der Waals surface area contributed by atoms with E-state index in [0.29, 0.717) is 11.4 Å². The number of nitrogens with one attached hydrogen (secondary N) is 1. The Labute approximate surface area is 140 Å². The largest absolute Gasteiger partial charge is 0.506 e. The summed E-state index contributed by atoms with van der Waals surface area (Å²) in [5.41, 5.74) is 1.69. The van der Waals surface area contributed by atoms with Gasteiger partial charge >= 0.3 is 0 Å². The average Bonchev–Trinajstić information content (AvgIpc) is 2.42. The van der Waals surface area contributed by atoms with Gasteiger partial charge in [-0.2, -0.15) is 0 Å². The Morgan fingerprint density at radius 1 is 1.33 bits per heavy atom. The number of halogens is 2. The van der Waals surface area contributed by atoms with E-state index in [2.05, 4.69) is 21.2 Å². The molecular formula is C15H13BrClNO2S. The number of hydrogen-bond donors (Lipinski definition) is 2. The Hall–Kier alpha value is -1.17. The second kappa shape index (κ2) is 7.20. The van der Waals surface area contributed by atoms with Crippen molar-refractivity contribution in [3.63, 3.8) is 0 Å². The van der Waals surface area contributed by atoms with Gasteiger partial charge in [0.25, 0.3) is 0 Å². The summed E-state index contributed by atoms with van der Waals surface area (Å²) in [6.45, 7) is 2.00. The van der Waals surface area contributed by atoms with Gasteiger partial charge in [-0.3, -0.25) is 4.79 Å². The fraction of sp³-hybridized carbons (Fsp3) is 0.133. The Bertz CT molecular complexity index is 679. The highest BCUT2D eigenvalue weighted by atomic mass is 79.9. The van der Waals surface area contributed by atoms with E-state index in [1.807, 2.05) is 25.1 Å². The Balaban J connectivity index is 1.94. The Kier molecular flexibility index (Phi) is 5.56. The van der Waals surface area contributed by atoms with Gasteiger partial charge in [-0.1, -0.05) is 27.5 Å². The number of carbonyl (C=O) groups is 1. The first-order chi connectivity index (χ1) is 9.95. The summed E-state index contributed by atoms with van der Waals surface area (Å²) in [7, 11) is 0. The molecule has 2 aromatic rings. The monoisotopic (exact) mass is 385 g/mol. The summed E-state index contributed by atoms with van der Waals surface area (Å²) in [6.07, 6.45) is 0. The third-order valence-electron chi connectivity index (χ3n) is 2.73. The molecule has 21 heavy (non-hydrogen) atoms. The molecule has 110 valence electrons. The molecule has 2 rings (SSSR count). The molecule has 0 aliphatic carbocycles. The summed E-state index contributed by atoms with van der Waals surface area (Å²) in [5.74, 6) is 0.180. The molecule has 3 nitrogen and oxygen atoms in total. The lowest BCUT2D eigenvalue weighted by molar-refractivity contribution is -0.113. The molecule has 0 spiro atoms. The van der Waals surface area contributed by atoms with Gasteiger partial charge in [-0.15, -0.1) is 11.8 Å². The van der Waals surface area contributed by atoms with E-state index in [9.17, 15) is 9.90 Å². The SMILES string of the molecule is Cc1cc(Br)ccc1SCC(=O)Nc1ccc(O)c(Cl)c1. The molecule has 0 atom stereocenters. The topological polar surface area (TPSA) is 49.3 Å². The number of aryl methyl sites for hydroxylation is 1. The van der Waals surface area contributed by atoms with Gasteiger partial charge in [-0.05, 0) is 48.9 Å². The van der Waals surface area contributed by atoms with Crippen LogP contribution in [0.3, 0.4) is 0 Å². The lowest BCUT2D eigenvalue weighted by Crippen LogP contribution is -2.14. The molecule has 1 amide bonds. The van der Waals surface area contributed by atoms with E-state index in [1.165, 1.54) is 23.9 Å². The van der Waals surface area contributed by atoms with Gasteiger partial charge in [-0.25, -0.2) is 0 Å². The first-order valence-electron chi connectivity index (χ1n) is 6.13. The predicted molar refractivity (Wildman–Crippen MR) is 91.3 cm³/mol. The normalized spacial score (nSPS) is 10.4. The lowest BCUT2D eigenvalue weighted by Gasteiger charge is -2.08. The van der Waals surface area contributed by atoms with Crippen molar-refractivity contribution in [2.45, 2.75) is 11.8 Å². The van der Waals surface area contributed by atoms with Crippen LogP contribution in [0.25, 0.3) is 0 Å². The van der Waals surface area contributed by atoms with Crippen molar-refractivity contribution in [1.29, 1.82) is 0 Å². The van der Waals surface area contributed by atoms with Crippen LogP contribution in [0.2, 0.25) is 5.02 Å². The molecule has 0 unspecified atom stereocenters. The average molecular weight is 387 g/mol. The molecule has 0 aliphatic heterocycles. The number of phenols is 1. The van der Waals surface area contributed by atoms with E-state index in [4.69, 9.17) is 11.6 Å². The number of rotatable bonds is 4. The summed E-state index contributed by atoms with van der Waals surface area (Å²) in [5, 5.41) is 12.3. The zero-order valence-electron chi connectivity index (χ0n) is 11.2. The molecule has 2 aromatic carbocycles. The fourth-order valence-electron chi connectivity index (χ4n) is 1.70. The van der Waals surface area contributed by atoms with Crippen LogP contribution in [0.15, 0.2) is 45.8 Å². The minimum absolute atomic E-state index is 0.00507. The molecule has 0 fully saturated rings. The van der Waals surface area contributed by atoms with E-state index in [-0.39, 0.29) is 16.7 Å². The van der Waals surface area contributed by atoms with Crippen molar-refractivity contribution < 1.29 is 9.90 Å². The summed E-state index contributed by atoms with van der Waals surface area (Å²) in [4.78, 5) is 13.0. The Morgan fingerprint density at radius 3 is 2.76 bits per heavy atom. The van der Waals surface area contributed by atoms with Crippen LogP contribution in [0, 0.1) is 6.92 Å². The third-order valence-corrected chi connectivity index (χ3v) is 4.70. The van der Waals surface area contributed by atoms with Crippen molar-refractivity contribution in [2.75, 3.05) is 11.1 Å². The molecule has 6 heteroatoms. The van der Waals surface area contributed by atoms with E-state index in [0.717, 1.165) is 14.9 Å². The van der Waals surface area contributed by atoms with Crippen LogP contribution in [0.4, 0.5) is 5.69 Å². The fourth-order valence-corrected chi connectivity index (χ4v) is 3.17. The minimum Gasteiger partial charge on any atom is -0.506 e. The minimum atomic E-state index is -0.121. The van der Waals surface area contributed by atoms with Crippen molar-refractivity contribution in [2.24, 2.45) is 0 Å². The van der Waals surface area contributed by atoms with Crippen LogP contribution in [-0.2, 0) is 4.79 Å². The zero-order chi connectivity index (χ0) is 15.4. The maximum atomic E-state index is 11.9. The molecule has 0 saturated carbocycles. The van der Waals surface area contributed by atoms with Gasteiger partial charge in [0.2, 0.25) is 5.91 Å². The third kappa shape index (κ3) is 4.66.